The van der Waals surface area contributed by atoms with Crippen molar-refractivity contribution < 1.29 is 28.6 Å². The summed E-state index contributed by atoms with van der Waals surface area (Å²) in [5.74, 6) is 1.32. The number of amides is 4. The van der Waals surface area contributed by atoms with Crippen LogP contribution in [0.25, 0.3) is 0 Å². The third-order valence-electron chi connectivity index (χ3n) is 7.05. The molecule has 9 heteroatoms. The number of piperidine rings is 1. The topological polar surface area (TPSA) is 97.4 Å². The second-order valence-electron chi connectivity index (χ2n) is 8.97. The minimum Gasteiger partial charge on any atom is -0.497 e. The van der Waals surface area contributed by atoms with E-state index < -0.39 is 11.6 Å². The lowest BCUT2D eigenvalue weighted by Gasteiger charge is -2.39. The molecule has 2 aliphatic heterocycles. The highest BCUT2D eigenvalue weighted by molar-refractivity contribution is 6.07. The molecule has 1 atom stereocenters. The maximum atomic E-state index is 13.5. The van der Waals surface area contributed by atoms with Crippen LogP contribution in [-0.4, -0.2) is 67.6 Å². The second-order valence-corrected chi connectivity index (χ2v) is 8.97. The highest BCUT2D eigenvalue weighted by Gasteiger charge is 2.53. The van der Waals surface area contributed by atoms with Gasteiger partial charge in [0, 0.05) is 24.2 Å². The Morgan fingerprint density at radius 1 is 1.00 bits per heavy atom. The molecule has 0 spiro atoms. The molecule has 2 aliphatic rings. The van der Waals surface area contributed by atoms with Gasteiger partial charge in [-0.3, -0.25) is 14.5 Å². The highest BCUT2D eigenvalue weighted by Crippen LogP contribution is 2.36. The summed E-state index contributed by atoms with van der Waals surface area (Å²) in [4.78, 5) is 42.3. The number of carbonyl (C=O) groups is 3. The number of nitrogens with one attached hydrogen (secondary N) is 1. The molecule has 9 nitrogen and oxygen atoms in total. The monoisotopic (exact) mass is 481 g/mol. The number of urea groups is 1. The van der Waals surface area contributed by atoms with E-state index in [1.807, 2.05) is 0 Å². The number of imide groups is 1. The predicted octanol–water partition coefficient (Wildman–Crippen LogP) is 3.08. The second kappa shape index (κ2) is 9.85. The number of hydrogen-bond acceptors (Lipinski definition) is 6. The van der Waals surface area contributed by atoms with Gasteiger partial charge in [-0.05, 0) is 56.0 Å². The number of rotatable bonds is 7. The third-order valence-corrected chi connectivity index (χ3v) is 7.05. The largest absolute Gasteiger partial charge is 0.497 e. The van der Waals surface area contributed by atoms with Gasteiger partial charge < -0.3 is 24.4 Å². The molecule has 2 fully saturated rings. The maximum absolute atomic E-state index is 13.5. The summed E-state index contributed by atoms with van der Waals surface area (Å²) >= 11 is 0. The molecule has 2 saturated heterocycles. The number of carbonyl (C=O) groups excluding carboxylic acids is 3. The van der Waals surface area contributed by atoms with E-state index in [0.29, 0.717) is 54.3 Å². The molecule has 0 radical (unpaired) electrons. The lowest BCUT2D eigenvalue weighted by Crippen LogP contribution is -2.54. The summed E-state index contributed by atoms with van der Waals surface area (Å²) in [7, 11) is 4.65. The van der Waals surface area contributed by atoms with E-state index >= 15 is 0 Å². The molecule has 4 rings (SSSR count). The number of likely N-dealkylation sites (tertiary alicyclic amines) is 1. The van der Waals surface area contributed by atoms with E-state index in [0.717, 1.165) is 0 Å². The van der Waals surface area contributed by atoms with E-state index in [-0.39, 0.29) is 24.3 Å². The highest BCUT2D eigenvalue weighted by atomic mass is 16.5. The SMILES string of the molecule is COc1ccc(C(=O)N2CCC([C@@]3(C)NC(=O)N(Cc4cccc(OC)c4OC)C3=O)CC2)cc1. The molecule has 0 aromatic heterocycles. The normalized spacial score (nSPS) is 20.6. The summed E-state index contributed by atoms with van der Waals surface area (Å²) in [6.45, 7) is 2.88. The van der Waals surface area contributed by atoms with E-state index in [1.165, 1.54) is 19.1 Å². The molecule has 0 bridgehead atoms. The minimum atomic E-state index is -1.03. The van der Waals surface area contributed by atoms with Crippen LogP contribution in [0.3, 0.4) is 0 Å². The average Bonchev–Trinajstić information content (AvgIpc) is 3.11. The molecule has 0 aliphatic carbocycles. The zero-order valence-electron chi connectivity index (χ0n) is 20.5. The van der Waals surface area contributed by atoms with Crippen molar-refractivity contribution in [3.05, 3.63) is 53.6 Å². The fourth-order valence-corrected chi connectivity index (χ4v) is 4.96. The molecule has 2 aromatic rings. The molecule has 2 heterocycles. The Kier molecular flexibility index (Phi) is 6.86. The lowest BCUT2D eigenvalue weighted by atomic mass is 9.78. The van der Waals surface area contributed by atoms with E-state index in [9.17, 15) is 14.4 Å². The van der Waals surface area contributed by atoms with Gasteiger partial charge in [-0.15, -0.1) is 0 Å². The Morgan fingerprint density at radius 3 is 2.29 bits per heavy atom. The summed E-state index contributed by atoms with van der Waals surface area (Å²) < 4.78 is 16.0. The average molecular weight is 482 g/mol. The molecule has 4 amide bonds. The zero-order valence-corrected chi connectivity index (χ0v) is 20.5. The Labute approximate surface area is 204 Å². The van der Waals surface area contributed by atoms with Gasteiger partial charge in [0.15, 0.2) is 11.5 Å². The van der Waals surface area contributed by atoms with Crippen LogP contribution in [0.4, 0.5) is 4.79 Å². The molecule has 186 valence electrons. The smallest absolute Gasteiger partial charge is 0.325 e. The number of benzene rings is 2. The van der Waals surface area contributed by atoms with E-state index in [1.54, 1.807) is 61.4 Å². The van der Waals surface area contributed by atoms with E-state index in [2.05, 4.69) is 5.32 Å². The van der Waals surface area contributed by atoms with Gasteiger partial charge in [0.1, 0.15) is 11.3 Å². The number of hydrogen-bond donors (Lipinski definition) is 1. The van der Waals surface area contributed by atoms with E-state index in [4.69, 9.17) is 14.2 Å². The van der Waals surface area contributed by atoms with Crippen molar-refractivity contribution in [2.45, 2.75) is 31.8 Å². The van der Waals surface area contributed by atoms with Crippen molar-refractivity contribution in [1.82, 2.24) is 15.1 Å². The first-order chi connectivity index (χ1) is 16.8. The Balaban J connectivity index is 1.43. The van der Waals surface area contributed by atoms with Crippen molar-refractivity contribution in [3.63, 3.8) is 0 Å². The standard InChI is InChI=1S/C26H31N3O6/c1-26(19-12-14-28(15-13-19)23(30)17-8-10-20(33-2)11-9-17)24(31)29(25(32)27-26)16-18-6-5-7-21(34-3)22(18)35-4/h5-11,19H,12-16H2,1-4H3,(H,27,32)/t26-/m1/s1. The Bertz CT molecular complexity index is 1110. The van der Waals surface area contributed by atoms with Crippen LogP contribution in [0.2, 0.25) is 0 Å². The lowest BCUT2D eigenvalue weighted by molar-refractivity contribution is -0.133. The quantitative estimate of drug-likeness (QED) is 0.611. The van der Waals surface area contributed by atoms with Crippen molar-refractivity contribution in [3.8, 4) is 17.2 Å². The molecule has 2 aromatic carbocycles. The summed E-state index contributed by atoms with van der Waals surface area (Å²) in [6.07, 6.45) is 1.22. The van der Waals surface area contributed by atoms with Gasteiger partial charge in [0.05, 0.1) is 27.9 Å². The van der Waals surface area contributed by atoms with Crippen molar-refractivity contribution in [1.29, 1.82) is 0 Å². The molecular formula is C26H31N3O6. The molecule has 1 N–H and O–H groups in total. The first kappa shape index (κ1) is 24.4. The van der Waals surface area contributed by atoms with Gasteiger partial charge in [0.25, 0.3) is 11.8 Å². The van der Waals surface area contributed by atoms with Crippen molar-refractivity contribution in [2.75, 3.05) is 34.4 Å². The Morgan fingerprint density at radius 2 is 1.69 bits per heavy atom. The first-order valence-electron chi connectivity index (χ1n) is 11.6. The predicted molar refractivity (Wildman–Crippen MR) is 129 cm³/mol. The van der Waals surface area contributed by atoms with Crippen molar-refractivity contribution in [2.24, 2.45) is 5.92 Å². The maximum Gasteiger partial charge on any atom is 0.325 e. The summed E-state index contributed by atoms with van der Waals surface area (Å²) in [5, 5.41) is 2.92. The fraction of sp³-hybridized carbons (Fsp3) is 0.423. The number of para-hydroxylation sites is 1. The van der Waals surface area contributed by atoms with Crippen LogP contribution in [0.1, 0.15) is 35.7 Å². The molecule has 0 unspecified atom stereocenters. The Hall–Kier alpha value is -3.75. The zero-order chi connectivity index (χ0) is 25.2. The van der Waals surface area contributed by atoms with Crippen molar-refractivity contribution >= 4 is 17.8 Å². The number of ether oxygens (including phenoxy) is 3. The van der Waals surface area contributed by atoms with Crippen LogP contribution in [0.5, 0.6) is 17.2 Å². The van der Waals surface area contributed by atoms with Crippen LogP contribution in [0.15, 0.2) is 42.5 Å². The minimum absolute atomic E-state index is 0.0511. The molecule has 0 saturated carbocycles. The fourth-order valence-electron chi connectivity index (χ4n) is 4.96. The molecular weight excluding hydrogens is 450 g/mol. The molecule has 35 heavy (non-hydrogen) atoms. The van der Waals surface area contributed by atoms with Crippen LogP contribution in [0, 0.1) is 5.92 Å². The number of methoxy groups -OCH3 is 3. The van der Waals surface area contributed by atoms with Gasteiger partial charge in [-0.25, -0.2) is 4.79 Å². The summed E-state index contributed by atoms with van der Waals surface area (Å²) in [5.41, 5.74) is 0.247. The number of nitrogens with zero attached hydrogens (tertiary/aromatic N) is 2. The van der Waals surface area contributed by atoms with Gasteiger partial charge in [-0.2, -0.15) is 0 Å². The summed E-state index contributed by atoms with van der Waals surface area (Å²) in [6, 6.07) is 12.0. The third kappa shape index (κ3) is 4.50. The van der Waals surface area contributed by atoms with Gasteiger partial charge in [-0.1, -0.05) is 12.1 Å². The van der Waals surface area contributed by atoms with Crippen LogP contribution in [-0.2, 0) is 11.3 Å². The van der Waals surface area contributed by atoms with Gasteiger partial charge >= 0.3 is 6.03 Å². The van der Waals surface area contributed by atoms with Gasteiger partial charge in [0.2, 0.25) is 0 Å². The van der Waals surface area contributed by atoms with Crippen LogP contribution >= 0.6 is 0 Å². The first-order valence-corrected chi connectivity index (χ1v) is 11.6. The van der Waals surface area contributed by atoms with Crippen LogP contribution < -0.4 is 19.5 Å².